The predicted molar refractivity (Wildman–Crippen MR) is 64.1 cm³/mol. The summed E-state index contributed by atoms with van der Waals surface area (Å²) in [7, 11) is 0. The molecule has 0 radical (unpaired) electrons. The highest BCUT2D eigenvalue weighted by molar-refractivity contribution is 9.10. The molecular weight excluding hydrogens is 259 g/mol. The normalized spacial score (nSPS) is 12.5. The van der Waals surface area contributed by atoms with Gasteiger partial charge in [-0.05, 0) is 33.6 Å². The minimum absolute atomic E-state index is 0.0277. The Kier molecular flexibility index (Phi) is 4.94. The van der Waals surface area contributed by atoms with Crippen molar-refractivity contribution in [3.63, 3.8) is 0 Å². The van der Waals surface area contributed by atoms with Gasteiger partial charge in [-0.15, -0.1) is 6.58 Å². The summed E-state index contributed by atoms with van der Waals surface area (Å²) in [6, 6.07) is 4.92. The Morgan fingerprint density at radius 1 is 1.60 bits per heavy atom. The Labute approximate surface area is 97.5 Å². The van der Waals surface area contributed by atoms with Gasteiger partial charge in [-0.3, -0.25) is 0 Å². The standard InChI is InChI=1S/C11H14BrFN2/c1-2-5-15-11(7-14)8-3-4-10(13)9(12)6-8/h2-4,6,11,15H,1,5,7,14H2. The molecule has 82 valence electrons. The number of nitrogens with one attached hydrogen (secondary N) is 1. The smallest absolute Gasteiger partial charge is 0.137 e. The first-order valence-electron chi connectivity index (χ1n) is 4.68. The molecule has 0 saturated carbocycles. The van der Waals surface area contributed by atoms with Gasteiger partial charge in [-0.25, -0.2) is 4.39 Å². The van der Waals surface area contributed by atoms with Crippen LogP contribution in [-0.4, -0.2) is 13.1 Å². The summed E-state index contributed by atoms with van der Waals surface area (Å²) in [5.74, 6) is -0.266. The van der Waals surface area contributed by atoms with Gasteiger partial charge in [-0.2, -0.15) is 0 Å². The largest absolute Gasteiger partial charge is 0.329 e. The second-order valence-electron chi connectivity index (χ2n) is 3.16. The van der Waals surface area contributed by atoms with Crippen LogP contribution in [0, 0.1) is 5.82 Å². The van der Waals surface area contributed by atoms with E-state index in [1.807, 2.05) is 0 Å². The van der Waals surface area contributed by atoms with Crippen LogP contribution in [-0.2, 0) is 0 Å². The Balaban J connectivity index is 2.82. The zero-order valence-electron chi connectivity index (χ0n) is 8.34. The van der Waals surface area contributed by atoms with E-state index in [-0.39, 0.29) is 11.9 Å². The lowest BCUT2D eigenvalue weighted by Gasteiger charge is -2.16. The molecule has 1 rings (SSSR count). The summed E-state index contributed by atoms with van der Waals surface area (Å²) in [6.45, 7) is 4.76. The van der Waals surface area contributed by atoms with E-state index in [9.17, 15) is 4.39 Å². The highest BCUT2D eigenvalue weighted by Gasteiger charge is 2.09. The molecule has 0 bridgehead atoms. The molecule has 1 aromatic rings. The van der Waals surface area contributed by atoms with Gasteiger partial charge in [0.1, 0.15) is 5.82 Å². The van der Waals surface area contributed by atoms with Crippen molar-refractivity contribution in [1.82, 2.24) is 5.32 Å². The number of rotatable bonds is 5. The van der Waals surface area contributed by atoms with Crippen LogP contribution in [0.25, 0.3) is 0 Å². The molecule has 0 fully saturated rings. The van der Waals surface area contributed by atoms with E-state index < -0.39 is 0 Å². The van der Waals surface area contributed by atoms with Crippen LogP contribution in [0.3, 0.4) is 0 Å². The predicted octanol–water partition coefficient (Wildman–Crippen LogP) is 2.36. The second-order valence-corrected chi connectivity index (χ2v) is 4.01. The number of nitrogens with two attached hydrogens (primary N) is 1. The summed E-state index contributed by atoms with van der Waals surface area (Å²) in [6.07, 6.45) is 1.77. The minimum Gasteiger partial charge on any atom is -0.329 e. The zero-order chi connectivity index (χ0) is 11.3. The summed E-state index contributed by atoms with van der Waals surface area (Å²) in [5, 5.41) is 3.20. The summed E-state index contributed by atoms with van der Waals surface area (Å²) < 4.78 is 13.5. The molecule has 0 amide bonds. The number of benzene rings is 1. The lowest BCUT2D eigenvalue weighted by Crippen LogP contribution is -2.28. The van der Waals surface area contributed by atoms with Crippen molar-refractivity contribution in [2.45, 2.75) is 6.04 Å². The Bertz CT molecular complexity index is 341. The molecule has 0 saturated heterocycles. The monoisotopic (exact) mass is 272 g/mol. The topological polar surface area (TPSA) is 38.0 Å². The lowest BCUT2D eigenvalue weighted by molar-refractivity contribution is 0.572. The molecule has 2 nitrogen and oxygen atoms in total. The van der Waals surface area contributed by atoms with Crippen LogP contribution < -0.4 is 11.1 Å². The van der Waals surface area contributed by atoms with E-state index in [2.05, 4.69) is 27.8 Å². The fourth-order valence-electron chi connectivity index (χ4n) is 1.29. The van der Waals surface area contributed by atoms with Crippen molar-refractivity contribution in [1.29, 1.82) is 0 Å². The molecule has 15 heavy (non-hydrogen) atoms. The average Bonchev–Trinajstić information content (AvgIpc) is 2.24. The zero-order valence-corrected chi connectivity index (χ0v) is 9.93. The first-order chi connectivity index (χ1) is 7.19. The van der Waals surface area contributed by atoms with Crippen LogP contribution in [0.15, 0.2) is 35.3 Å². The van der Waals surface area contributed by atoms with E-state index in [1.165, 1.54) is 6.07 Å². The second kappa shape index (κ2) is 6.00. The van der Waals surface area contributed by atoms with Crippen LogP contribution in [0.1, 0.15) is 11.6 Å². The van der Waals surface area contributed by atoms with Crippen LogP contribution in [0.2, 0.25) is 0 Å². The molecule has 1 atom stereocenters. The molecule has 3 N–H and O–H groups in total. The molecule has 0 aliphatic rings. The molecule has 1 aromatic carbocycles. The maximum Gasteiger partial charge on any atom is 0.137 e. The third-order valence-electron chi connectivity index (χ3n) is 2.09. The van der Waals surface area contributed by atoms with Gasteiger partial charge < -0.3 is 11.1 Å². The molecule has 1 unspecified atom stereocenters. The van der Waals surface area contributed by atoms with Gasteiger partial charge >= 0.3 is 0 Å². The maximum absolute atomic E-state index is 13.0. The molecule has 0 heterocycles. The average molecular weight is 273 g/mol. The van der Waals surface area contributed by atoms with Crippen LogP contribution in [0.4, 0.5) is 4.39 Å². The van der Waals surface area contributed by atoms with E-state index in [0.29, 0.717) is 17.6 Å². The Morgan fingerprint density at radius 2 is 2.33 bits per heavy atom. The fourth-order valence-corrected chi connectivity index (χ4v) is 1.69. The fraction of sp³-hybridized carbons (Fsp3) is 0.273. The molecular formula is C11H14BrFN2. The van der Waals surface area contributed by atoms with E-state index in [0.717, 1.165) is 5.56 Å². The Morgan fingerprint density at radius 3 is 2.87 bits per heavy atom. The summed E-state index contributed by atoms with van der Waals surface area (Å²) in [5.41, 5.74) is 6.59. The van der Waals surface area contributed by atoms with Gasteiger partial charge in [0.25, 0.3) is 0 Å². The first-order valence-corrected chi connectivity index (χ1v) is 5.47. The van der Waals surface area contributed by atoms with Crippen molar-refractivity contribution in [2.24, 2.45) is 5.73 Å². The SMILES string of the molecule is C=CCNC(CN)c1ccc(F)c(Br)c1. The molecule has 0 spiro atoms. The van der Waals surface area contributed by atoms with Crippen molar-refractivity contribution in [3.8, 4) is 0 Å². The third kappa shape index (κ3) is 3.41. The summed E-state index contributed by atoms with van der Waals surface area (Å²) >= 11 is 3.15. The van der Waals surface area contributed by atoms with Crippen molar-refractivity contribution in [2.75, 3.05) is 13.1 Å². The van der Waals surface area contributed by atoms with Crippen LogP contribution in [0.5, 0.6) is 0 Å². The molecule has 0 aliphatic carbocycles. The molecule has 4 heteroatoms. The van der Waals surface area contributed by atoms with Gasteiger partial charge in [-0.1, -0.05) is 12.1 Å². The highest BCUT2D eigenvalue weighted by Crippen LogP contribution is 2.20. The number of hydrogen-bond donors (Lipinski definition) is 2. The van der Waals surface area contributed by atoms with Gasteiger partial charge in [0.15, 0.2) is 0 Å². The molecule has 0 aliphatic heterocycles. The van der Waals surface area contributed by atoms with E-state index in [1.54, 1.807) is 18.2 Å². The lowest BCUT2D eigenvalue weighted by atomic mass is 10.1. The van der Waals surface area contributed by atoms with Gasteiger partial charge in [0, 0.05) is 19.1 Å². The molecule has 0 aromatic heterocycles. The highest BCUT2D eigenvalue weighted by atomic mass is 79.9. The van der Waals surface area contributed by atoms with Crippen LogP contribution >= 0.6 is 15.9 Å². The van der Waals surface area contributed by atoms with Crippen molar-refractivity contribution in [3.05, 3.63) is 46.7 Å². The number of hydrogen-bond acceptors (Lipinski definition) is 2. The van der Waals surface area contributed by atoms with Gasteiger partial charge in [0.05, 0.1) is 4.47 Å². The van der Waals surface area contributed by atoms with E-state index >= 15 is 0 Å². The minimum atomic E-state index is -0.266. The summed E-state index contributed by atoms with van der Waals surface area (Å²) in [4.78, 5) is 0. The van der Waals surface area contributed by atoms with E-state index in [4.69, 9.17) is 5.73 Å². The quantitative estimate of drug-likeness (QED) is 0.808. The maximum atomic E-state index is 13.0. The third-order valence-corrected chi connectivity index (χ3v) is 2.70. The first kappa shape index (κ1) is 12.4. The van der Waals surface area contributed by atoms with Gasteiger partial charge in [0.2, 0.25) is 0 Å². The van der Waals surface area contributed by atoms with Crippen molar-refractivity contribution >= 4 is 15.9 Å². The Hall–Kier alpha value is -0.710. The number of halogens is 2. The van der Waals surface area contributed by atoms with Crippen molar-refractivity contribution < 1.29 is 4.39 Å².